The van der Waals surface area contributed by atoms with E-state index in [4.69, 9.17) is 0 Å². The molecule has 2 aromatic carbocycles. The number of rotatable bonds is 7. The molecular formula is C22H27NO2S. The molecule has 2 aromatic rings. The van der Waals surface area contributed by atoms with Crippen molar-refractivity contribution >= 4 is 10.0 Å². The van der Waals surface area contributed by atoms with Crippen LogP contribution in [0.2, 0.25) is 0 Å². The zero-order chi connectivity index (χ0) is 19.2. The minimum Gasteiger partial charge on any atom is -0.207 e. The Kier molecular flexibility index (Phi) is 6.98. The monoisotopic (exact) mass is 369 g/mol. The maximum atomic E-state index is 13.0. The van der Waals surface area contributed by atoms with Crippen molar-refractivity contribution in [2.75, 3.05) is 0 Å². The van der Waals surface area contributed by atoms with Crippen molar-refractivity contribution in [3.8, 4) is 0 Å². The maximum Gasteiger partial charge on any atom is 0.241 e. The van der Waals surface area contributed by atoms with E-state index in [1.807, 2.05) is 76.2 Å². The normalized spacial score (nSPS) is 12.3. The summed E-state index contributed by atoms with van der Waals surface area (Å²) >= 11 is 0. The van der Waals surface area contributed by atoms with E-state index < -0.39 is 10.0 Å². The first-order valence-corrected chi connectivity index (χ1v) is 10.4. The summed E-state index contributed by atoms with van der Waals surface area (Å²) in [7, 11) is -3.63. The molecule has 2 rings (SSSR count). The molecule has 0 aromatic heterocycles. The van der Waals surface area contributed by atoms with Crippen LogP contribution in [0, 0.1) is 20.8 Å². The second-order valence-electron chi connectivity index (χ2n) is 6.59. The van der Waals surface area contributed by atoms with Crippen LogP contribution in [0.5, 0.6) is 0 Å². The van der Waals surface area contributed by atoms with Gasteiger partial charge in [-0.05, 0) is 62.5 Å². The van der Waals surface area contributed by atoms with Gasteiger partial charge in [-0.15, -0.1) is 5.73 Å². The SMILES string of the molecule is CCC=C=C[C@H](Cc1ccccc1)NS(=O)(=O)c1c(C)cc(C)cc1C. The molecule has 1 atom stereocenters. The van der Waals surface area contributed by atoms with E-state index >= 15 is 0 Å². The highest BCUT2D eigenvalue weighted by molar-refractivity contribution is 7.89. The standard InChI is InChI=1S/C22H27NO2S/c1-5-6-8-13-21(16-20-11-9-7-10-12-20)23-26(24,25)22-18(3)14-17(2)15-19(22)4/h6-7,9-15,21,23H,5,16H2,1-4H3/t8?,21-/m1/s1. The van der Waals surface area contributed by atoms with Gasteiger partial charge < -0.3 is 0 Å². The Morgan fingerprint density at radius 3 is 2.27 bits per heavy atom. The Morgan fingerprint density at radius 2 is 1.69 bits per heavy atom. The van der Waals surface area contributed by atoms with Gasteiger partial charge in [-0.25, -0.2) is 13.1 Å². The lowest BCUT2D eigenvalue weighted by Gasteiger charge is -2.18. The van der Waals surface area contributed by atoms with Crippen LogP contribution in [-0.2, 0) is 16.4 Å². The van der Waals surface area contributed by atoms with Gasteiger partial charge in [-0.3, -0.25) is 0 Å². The number of sulfonamides is 1. The van der Waals surface area contributed by atoms with Crippen molar-refractivity contribution in [3.05, 3.63) is 82.6 Å². The molecule has 0 aliphatic rings. The van der Waals surface area contributed by atoms with Gasteiger partial charge >= 0.3 is 0 Å². The fraction of sp³-hybridized carbons (Fsp3) is 0.318. The highest BCUT2D eigenvalue weighted by Crippen LogP contribution is 2.22. The summed E-state index contributed by atoms with van der Waals surface area (Å²) in [6.07, 6.45) is 5.13. The lowest BCUT2D eigenvalue weighted by atomic mass is 10.1. The van der Waals surface area contributed by atoms with E-state index in [-0.39, 0.29) is 6.04 Å². The topological polar surface area (TPSA) is 46.2 Å². The summed E-state index contributed by atoms with van der Waals surface area (Å²) in [5, 5.41) is 0. The first-order valence-electron chi connectivity index (χ1n) is 8.88. The van der Waals surface area contributed by atoms with Crippen LogP contribution in [0.4, 0.5) is 0 Å². The molecule has 0 bridgehead atoms. The maximum absolute atomic E-state index is 13.0. The van der Waals surface area contributed by atoms with Crippen LogP contribution in [0.1, 0.15) is 35.6 Å². The fourth-order valence-corrected chi connectivity index (χ4v) is 4.79. The van der Waals surface area contributed by atoms with E-state index in [0.717, 1.165) is 28.7 Å². The molecule has 4 heteroatoms. The van der Waals surface area contributed by atoms with E-state index in [9.17, 15) is 8.42 Å². The van der Waals surface area contributed by atoms with Crippen molar-refractivity contribution in [3.63, 3.8) is 0 Å². The predicted molar refractivity (Wildman–Crippen MR) is 108 cm³/mol. The molecule has 1 N–H and O–H groups in total. The highest BCUT2D eigenvalue weighted by atomic mass is 32.2. The average Bonchev–Trinajstić information content (AvgIpc) is 2.54. The van der Waals surface area contributed by atoms with Crippen LogP contribution in [0.3, 0.4) is 0 Å². The molecule has 0 fully saturated rings. The van der Waals surface area contributed by atoms with E-state index in [2.05, 4.69) is 10.5 Å². The largest absolute Gasteiger partial charge is 0.241 e. The molecule has 0 heterocycles. The fourth-order valence-electron chi connectivity index (χ4n) is 3.15. The molecule has 0 aliphatic heterocycles. The third kappa shape index (κ3) is 5.43. The molecule has 0 radical (unpaired) electrons. The van der Waals surface area contributed by atoms with Crippen molar-refractivity contribution in [2.45, 2.75) is 51.5 Å². The van der Waals surface area contributed by atoms with Crippen molar-refractivity contribution in [1.82, 2.24) is 4.72 Å². The van der Waals surface area contributed by atoms with Gasteiger partial charge in [0.15, 0.2) is 0 Å². The van der Waals surface area contributed by atoms with E-state index in [0.29, 0.717) is 11.3 Å². The molecule has 138 valence electrons. The number of nitrogens with one attached hydrogen (secondary N) is 1. The molecule has 0 unspecified atom stereocenters. The Labute approximate surface area is 157 Å². The summed E-state index contributed by atoms with van der Waals surface area (Å²) < 4.78 is 29.0. The van der Waals surface area contributed by atoms with Crippen LogP contribution in [0.15, 0.2) is 65.2 Å². The van der Waals surface area contributed by atoms with Gasteiger partial charge in [-0.1, -0.05) is 55.0 Å². The van der Waals surface area contributed by atoms with Crippen LogP contribution >= 0.6 is 0 Å². The summed E-state index contributed by atoms with van der Waals surface area (Å²) in [6, 6.07) is 13.3. The van der Waals surface area contributed by atoms with Gasteiger partial charge in [0.25, 0.3) is 0 Å². The predicted octanol–water partition coefficient (Wildman–Crippen LogP) is 4.62. The Bertz CT molecular complexity index is 885. The van der Waals surface area contributed by atoms with Crippen molar-refractivity contribution in [1.29, 1.82) is 0 Å². The Hall–Kier alpha value is -2.13. The molecule has 26 heavy (non-hydrogen) atoms. The second-order valence-corrected chi connectivity index (χ2v) is 8.24. The van der Waals surface area contributed by atoms with Gasteiger partial charge in [0, 0.05) is 0 Å². The van der Waals surface area contributed by atoms with Gasteiger partial charge in [-0.2, -0.15) is 0 Å². The zero-order valence-electron chi connectivity index (χ0n) is 15.9. The Morgan fingerprint density at radius 1 is 1.08 bits per heavy atom. The molecule has 0 amide bonds. The number of hydrogen-bond donors (Lipinski definition) is 1. The first kappa shape index (κ1) is 20.2. The summed E-state index contributed by atoms with van der Waals surface area (Å²) in [4.78, 5) is 0.369. The summed E-state index contributed by atoms with van der Waals surface area (Å²) in [5.41, 5.74) is 6.76. The molecule has 0 spiro atoms. The summed E-state index contributed by atoms with van der Waals surface area (Å²) in [5.74, 6) is 0. The number of benzene rings is 2. The molecular weight excluding hydrogens is 342 g/mol. The third-order valence-corrected chi connectivity index (χ3v) is 5.89. The minimum atomic E-state index is -3.63. The smallest absolute Gasteiger partial charge is 0.207 e. The Balaban J connectivity index is 2.36. The molecule has 3 nitrogen and oxygen atoms in total. The van der Waals surface area contributed by atoms with Crippen LogP contribution in [-0.4, -0.2) is 14.5 Å². The molecule has 0 saturated heterocycles. The van der Waals surface area contributed by atoms with Crippen molar-refractivity contribution < 1.29 is 8.42 Å². The molecule has 0 saturated carbocycles. The zero-order valence-corrected chi connectivity index (χ0v) is 16.7. The van der Waals surface area contributed by atoms with E-state index in [1.165, 1.54) is 0 Å². The lowest BCUT2D eigenvalue weighted by molar-refractivity contribution is 0.569. The van der Waals surface area contributed by atoms with Gasteiger partial charge in [0.05, 0.1) is 10.9 Å². The van der Waals surface area contributed by atoms with Crippen molar-refractivity contribution in [2.24, 2.45) is 0 Å². The van der Waals surface area contributed by atoms with Crippen LogP contribution < -0.4 is 4.72 Å². The second kappa shape index (κ2) is 9.00. The lowest BCUT2D eigenvalue weighted by Crippen LogP contribution is -2.35. The van der Waals surface area contributed by atoms with Gasteiger partial charge in [0.1, 0.15) is 0 Å². The third-order valence-electron chi connectivity index (χ3n) is 4.10. The number of hydrogen-bond acceptors (Lipinski definition) is 2. The average molecular weight is 370 g/mol. The van der Waals surface area contributed by atoms with Crippen LogP contribution in [0.25, 0.3) is 0 Å². The quantitative estimate of drug-likeness (QED) is 0.724. The minimum absolute atomic E-state index is 0.356. The van der Waals surface area contributed by atoms with E-state index in [1.54, 1.807) is 6.08 Å². The summed E-state index contributed by atoms with van der Waals surface area (Å²) in [6.45, 7) is 7.68. The number of aryl methyl sites for hydroxylation is 3. The van der Waals surface area contributed by atoms with Gasteiger partial charge in [0.2, 0.25) is 10.0 Å². The first-order chi connectivity index (χ1) is 12.3. The molecule has 0 aliphatic carbocycles. The highest BCUT2D eigenvalue weighted by Gasteiger charge is 2.23.